The Kier molecular flexibility index (Phi) is 7.18. The number of aryl methyl sites for hydroxylation is 1. The summed E-state index contributed by atoms with van der Waals surface area (Å²) in [5.41, 5.74) is 2.35. The molecule has 1 heterocycles. The number of ketones is 1. The van der Waals surface area contributed by atoms with Crippen molar-refractivity contribution < 1.29 is 28.5 Å². The third-order valence-electron chi connectivity index (χ3n) is 4.65. The van der Waals surface area contributed by atoms with Gasteiger partial charge >= 0.3 is 5.97 Å². The van der Waals surface area contributed by atoms with E-state index in [0.29, 0.717) is 42.6 Å². The first-order valence-corrected chi connectivity index (χ1v) is 10.3. The molecule has 0 aliphatic carbocycles. The predicted molar refractivity (Wildman–Crippen MR) is 118 cm³/mol. The second-order valence-electron chi connectivity index (χ2n) is 6.77. The number of esters is 1. The van der Waals surface area contributed by atoms with E-state index in [1.165, 1.54) is 0 Å². The van der Waals surface area contributed by atoms with Gasteiger partial charge in [-0.3, -0.25) is 4.79 Å². The summed E-state index contributed by atoms with van der Waals surface area (Å²) in [4.78, 5) is 28.7. The van der Waals surface area contributed by atoms with Gasteiger partial charge in [0.15, 0.2) is 18.1 Å². The van der Waals surface area contributed by atoms with Crippen molar-refractivity contribution >= 4 is 22.7 Å². The Bertz CT molecular complexity index is 1060. The van der Waals surface area contributed by atoms with Crippen LogP contribution in [0.1, 0.15) is 47.2 Å². The molecule has 0 amide bonds. The van der Waals surface area contributed by atoms with Gasteiger partial charge in [0.05, 0.1) is 25.4 Å². The molecular formula is C24H27NO6. The first kappa shape index (κ1) is 22.2. The molecule has 164 valence electrons. The van der Waals surface area contributed by atoms with E-state index in [9.17, 15) is 9.59 Å². The predicted octanol–water partition coefficient (Wildman–Crippen LogP) is 4.71. The quantitative estimate of drug-likeness (QED) is 0.374. The van der Waals surface area contributed by atoms with Crippen LogP contribution in [0, 0.1) is 6.92 Å². The molecule has 0 radical (unpaired) electrons. The summed E-state index contributed by atoms with van der Waals surface area (Å²) in [6.07, 6.45) is 0. The Morgan fingerprint density at radius 3 is 2.13 bits per heavy atom. The molecule has 1 aromatic heterocycles. The summed E-state index contributed by atoms with van der Waals surface area (Å²) in [5, 5.41) is 0.805. The maximum absolute atomic E-state index is 12.8. The number of hydrogen-bond acceptors (Lipinski definition) is 6. The number of para-hydroxylation sites is 1. The number of ether oxygens (including phenoxy) is 4. The lowest BCUT2D eigenvalue weighted by molar-refractivity contribution is 0.0474. The summed E-state index contributed by atoms with van der Waals surface area (Å²) in [6, 6.07) is 10.6. The Morgan fingerprint density at radius 1 is 0.903 bits per heavy atom. The van der Waals surface area contributed by atoms with Gasteiger partial charge in [0, 0.05) is 22.2 Å². The van der Waals surface area contributed by atoms with Crippen LogP contribution in [-0.2, 0) is 4.74 Å². The zero-order valence-electron chi connectivity index (χ0n) is 18.2. The molecule has 0 fully saturated rings. The van der Waals surface area contributed by atoms with Gasteiger partial charge in [-0.2, -0.15) is 0 Å². The van der Waals surface area contributed by atoms with E-state index in [1.54, 1.807) is 12.1 Å². The van der Waals surface area contributed by atoms with Crippen molar-refractivity contribution in [1.29, 1.82) is 0 Å². The van der Waals surface area contributed by atoms with Crippen molar-refractivity contribution in [1.82, 2.24) is 4.98 Å². The van der Waals surface area contributed by atoms with Crippen molar-refractivity contribution in [3.8, 4) is 17.2 Å². The Labute approximate surface area is 181 Å². The molecule has 0 atom stereocenters. The van der Waals surface area contributed by atoms with Gasteiger partial charge in [-0.1, -0.05) is 18.2 Å². The summed E-state index contributed by atoms with van der Waals surface area (Å²) in [5.74, 6) is 0.301. The molecule has 3 rings (SSSR count). The molecule has 0 aliphatic rings. The Balaban J connectivity index is 1.82. The van der Waals surface area contributed by atoms with Crippen LogP contribution in [0.5, 0.6) is 17.2 Å². The minimum atomic E-state index is -0.643. The molecule has 0 aliphatic heterocycles. The first-order chi connectivity index (χ1) is 15.0. The molecule has 0 spiro atoms. The van der Waals surface area contributed by atoms with E-state index in [0.717, 1.165) is 16.6 Å². The molecule has 0 saturated carbocycles. The van der Waals surface area contributed by atoms with Gasteiger partial charge in [0.1, 0.15) is 0 Å². The van der Waals surface area contributed by atoms with Crippen LogP contribution < -0.4 is 14.2 Å². The molecule has 1 N–H and O–H groups in total. The minimum Gasteiger partial charge on any atom is -0.490 e. The van der Waals surface area contributed by atoms with Gasteiger partial charge in [-0.05, 0) is 45.9 Å². The molecule has 2 aromatic carbocycles. The minimum absolute atomic E-state index is 0.221. The maximum atomic E-state index is 12.8. The average Bonchev–Trinajstić information content (AvgIpc) is 3.10. The van der Waals surface area contributed by atoms with Gasteiger partial charge < -0.3 is 23.9 Å². The molecule has 7 nitrogen and oxygen atoms in total. The van der Waals surface area contributed by atoms with Crippen molar-refractivity contribution in [3.05, 3.63) is 53.2 Å². The topological polar surface area (TPSA) is 86.9 Å². The number of H-pyrrole nitrogens is 1. The second kappa shape index (κ2) is 10.0. The normalized spacial score (nSPS) is 10.7. The second-order valence-corrected chi connectivity index (χ2v) is 6.77. The smallest absolute Gasteiger partial charge is 0.338 e. The number of fused-ring (bicyclic) bond motifs is 1. The number of aromatic amines is 1. The maximum Gasteiger partial charge on any atom is 0.338 e. The largest absolute Gasteiger partial charge is 0.490 e. The lowest BCUT2D eigenvalue weighted by atomic mass is 10.1. The average molecular weight is 425 g/mol. The van der Waals surface area contributed by atoms with E-state index in [1.807, 2.05) is 52.0 Å². The fourth-order valence-corrected chi connectivity index (χ4v) is 3.43. The molecule has 0 unspecified atom stereocenters. The number of Topliss-reactive ketones (excluding diaryl/α,β-unsaturated/α-hetero) is 1. The highest BCUT2D eigenvalue weighted by Gasteiger charge is 2.21. The van der Waals surface area contributed by atoms with E-state index in [4.69, 9.17) is 18.9 Å². The van der Waals surface area contributed by atoms with Crippen molar-refractivity contribution in [2.75, 3.05) is 26.4 Å². The molecular weight excluding hydrogens is 398 g/mol. The number of carbonyl (C=O) groups excluding carboxylic acids is 2. The summed E-state index contributed by atoms with van der Waals surface area (Å²) in [6.45, 7) is 8.18. The van der Waals surface area contributed by atoms with Crippen LogP contribution in [0.25, 0.3) is 10.9 Å². The first-order valence-electron chi connectivity index (χ1n) is 10.3. The van der Waals surface area contributed by atoms with Crippen LogP contribution in [0.2, 0.25) is 0 Å². The van der Waals surface area contributed by atoms with E-state index in [2.05, 4.69) is 4.98 Å². The summed E-state index contributed by atoms with van der Waals surface area (Å²) in [7, 11) is 0. The lowest BCUT2D eigenvalue weighted by Crippen LogP contribution is -2.15. The number of nitrogens with one attached hydrogen (secondary N) is 1. The lowest BCUT2D eigenvalue weighted by Gasteiger charge is -2.16. The number of rotatable bonds is 10. The molecule has 7 heteroatoms. The highest BCUT2D eigenvalue weighted by molar-refractivity contribution is 6.10. The standard InChI is InChI=1S/C24H27NO6/c1-5-28-20-12-16(13-21(29-6-2)23(20)30-7-3)24(27)31-14-19(26)22-15(4)25-18-11-9-8-10-17(18)22/h8-13,25H,5-7,14H2,1-4H3. The fraction of sp³-hybridized carbons (Fsp3) is 0.333. The SMILES string of the molecule is CCOc1cc(C(=O)OCC(=O)c2c(C)[nH]c3ccccc23)cc(OCC)c1OCC. The van der Waals surface area contributed by atoms with Gasteiger partial charge in [0.2, 0.25) is 11.5 Å². The molecule has 3 aromatic rings. The molecule has 0 saturated heterocycles. The zero-order valence-corrected chi connectivity index (χ0v) is 18.2. The molecule has 0 bridgehead atoms. The molecule has 31 heavy (non-hydrogen) atoms. The fourth-order valence-electron chi connectivity index (χ4n) is 3.43. The zero-order chi connectivity index (χ0) is 22.4. The van der Waals surface area contributed by atoms with Crippen molar-refractivity contribution in [2.24, 2.45) is 0 Å². The van der Waals surface area contributed by atoms with Gasteiger partial charge in [-0.15, -0.1) is 0 Å². The third kappa shape index (κ3) is 4.82. The number of aromatic nitrogens is 1. The van der Waals surface area contributed by atoms with Gasteiger partial charge in [0.25, 0.3) is 0 Å². The summed E-state index contributed by atoms with van der Waals surface area (Å²) >= 11 is 0. The van der Waals surface area contributed by atoms with Crippen LogP contribution in [0.15, 0.2) is 36.4 Å². The van der Waals surface area contributed by atoms with Gasteiger partial charge in [-0.25, -0.2) is 4.79 Å². The van der Waals surface area contributed by atoms with Crippen LogP contribution in [0.3, 0.4) is 0 Å². The van der Waals surface area contributed by atoms with Crippen LogP contribution >= 0.6 is 0 Å². The van der Waals surface area contributed by atoms with Crippen molar-refractivity contribution in [2.45, 2.75) is 27.7 Å². The highest BCUT2D eigenvalue weighted by atomic mass is 16.5. The van der Waals surface area contributed by atoms with E-state index < -0.39 is 5.97 Å². The number of benzene rings is 2. The van der Waals surface area contributed by atoms with E-state index >= 15 is 0 Å². The number of hydrogen-bond donors (Lipinski definition) is 1. The number of carbonyl (C=O) groups is 2. The third-order valence-corrected chi connectivity index (χ3v) is 4.65. The van der Waals surface area contributed by atoms with Crippen LogP contribution in [0.4, 0.5) is 0 Å². The Hall–Kier alpha value is -3.48. The monoisotopic (exact) mass is 425 g/mol. The summed E-state index contributed by atoms with van der Waals surface area (Å²) < 4.78 is 22.2. The Morgan fingerprint density at radius 2 is 1.52 bits per heavy atom. The van der Waals surface area contributed by atoms with E-state index in [-0.39, 0.29) is 18.0 Å². The van der Waals surface area contributed by atoms with Crippen LogP contribution in [-0.4, -0.2) is 43.2 Å². The van der Waals surface area contributed by atoms with Crippen molar-refractivity contribution in [3.63, 3.8) is 0 Å². The highest BCUT2D eigenvalue weighted by Crippen LogP contribution is 2.39.